The molecule has 0 spiro atoms. The Morgan fingerprint density at radius 3 is 2.18 bits per heavy atom. The fourth-order valence-electron chi connectivity index (χ4n) is 3.72. The summed E-state index contributed by atoms with van der Waals surface area (Å²) in [7, 11) is -1.61. The molecular weight excluding hydrogens is 351 g/mol. The lowest BCUT2D eigenvalue weighted by Crippen LogP contribution is -2.30. The smallest absolute Gasteiger partial charge is 0.423 e. The van der Waals surface area contributed by atoms with Gasteiger partial charge in [0.25, 0.3) is 5.91 Å². The summed E-state index contributed by atoms with van der Waals surface area (Å²) in [4.78, 5) is 16.7. The number of pyridine rings is 1. The number of carbonyl (C=O) groups is 1. The second kappa shape index (κ2) is 6.30. The van der Waals surface area contributed by atoms with Gasteiger partial charge in [-0.3, -0.25) is 9.78 Å². The minimum Gasteiger partial charge on any atom is -0.423 e. The standard InChI is InChI=1S/C22H15BN2O3/c26-22(19-11-8-16(12-24-19)23(27)28)25-18-10-7-15-5-4-13-2-1-3-14-6-9-17(18)21(15)20(13)14/h1-12,27-28H,(H,25,26). The molecule has 6 heteroatoms. The summed E-state index contributed by atoms with van der Waals surface area (Å²) in [6.07, 6.45) is 1.28. The van der Waals surface area contributed by atoms with Gasteiger partial charge >= 0.3 is 7.12 Å². The zero-order valence-electron chi connectivity index (χ0n) is 14.8. The Bertz CT molecular complexity index is 1320. The average molecular weight is 366 g/mol. The molecule has 0 atom stereocenters. The van der Waals surface area contributed by atoms with Crippen LogP contribution in [-0.4, -0.2) is 28.1 Å². The van der Waals surface area contributed by atoms with Gasteiger partial charge < -0.3 is 15.4 Å². The molecule has 5 nitrogen and oxygen atoms in total. The summed E-state index contributed by atoms with van der Waals surface area (Å²) in [6, 6.07) is 21.4. The van der Waals surface area contributed by atoms with Crippen LogP contribution in [-0.2, 0) is 0 Å². The number of amides is 1. The zero-order chi connectivity index (χ0) is 19.3. The fourth-order valence-corrected chi connectivity index (χ4v) is 3.72. The van der Waals surface area contributed by atoms with Crippen molar-refractivity contribution in [3.8, 4) is 0 Å². The highest BCUT2D eigenvalue weighted by Gasteiger charge is 2.15. The first kappa shape index (κ1) is 16.7. The summed E-state index contributed by atoms with van der Waals surface area (Å²) >= 11 is 0. The Balaban J connectivity index is 1.60. The van der Waals surface area contributed by atoms with Crippen molar-refractivity contribution in [2.45, 2.75) is 0 Å². The number of benzene rings is 4. The Labute approximate surface area is 160 Å². The monoisotopic (exact) mass is 366 g/mol. The van der Waals surface area contributed by atoms with E-state index in [1.165, 1.54) is 34.5 Å². The number of hydrogen-bond acceptors (Lipinski definition) is 4. The summed E-state index contributed by atoms with van der Waals surface area (Å²) in [5, 5.41) is 28.0. The average Bonchev–Trinajstić information content (AvgIpc) is 2.73. The predicted octanol–water partition coefficient (Wildman–Crippen LogP) is 2.91. The molecule has 0 saturated heterocycles. The maximum Gasteiger partial charge on any atom is 0.490 e. The number of carbonyl (C=O) groups excluding carboxylic acids is 1. The highest BCUT2D eigenvalue weighted by atomic mass is 16.4. The van der Waals surface area contributed by atoms with E-state index < -0.39 is 7.12 Å². The van der Waals surface area contributed by atoms with Crippen molar-refractivity contribution < 1.29 is 14.8 Å². The highest BCUT2D eigenvalue weighted by Crippen LogP contribution is 2.37. The van der Waals surface area contributed by atoms with Crippen LogP contribution in [0.2, 0.25) is 0 Å². The number of aromatic nitrogens is 1. The molecule has 0 aliphatic carbocycles. The quantitative estimate of drug-likeness (QED) is 0.339. The molecule has 1 aromatic heterocycles. The summed E-state index contributed by atoms with van der Waals surface area (Å²) in [5.74, 6) is -0.353. The van der Waals surface area contributed by atoms with E-state index in [1.54, 1.807) is 0 Å². The van der Waals surface area contributed by atoms with Crippen LogP contribution in [0.15, 0.2) is 72.9 Å². The predicted molar refractivity (Wildman–Crippen MR) is 112 cm³/mol. The molecule has 0 fully saturated rings. The van der Waals surface area contributed by atoms with E-state index >= 15 is 0 Å². The van der Waals surface area contributed by atoms with Crippen molar-refractivity contribution in [1.82, 2.24) is 4.98 Å². The van der Waals surface area contributed by atoms with E-state index in [4.69, 9.17) is 10.0 Å². The SMILES string of the molecule is O=C(Nc1ccc2ccc3cccc4ccc1c2c34)c1ccc(B(O)O)cn1. The number of nitrogens with zero attached hydrogens (tertiary/aromatic N) is 1. The number of hydrogen-bond donors (Lipinski definition) is 3. The van der Waals surface area contributed by atoms with Crippen LogP contribution in [0.4, 0.5) is 5.69 Å². The first-order valence-electron chi connectivity index (χ1n) is 8.92. The molecule has 1 heterocycles. The molecule has 0 aliphatic heterocycles. The maximum absolute atomic E-state index is 12.7. The lowest BCUT2D eigenvalue weighted by Gasteiger charge is -2.14. The highest BCUT2D eigenvalue weighted by molar-refractivity contribution is 6.58. The summed E-state index contributed by atoms with van der Waals surface area (Å²) < 4.78 is 0. The van der Waals surface area contributed by atoms with Gasteiger partial charge in [0.15, 0.2) is 0 Å². The third kappa shape index (κ3) is 2.59. The summed E-state index contributed by atoms with van der Waals surface area (Å²) in [6.45, 7) is 0. The van der Waals surface area contributed by atoms with Gasteiger partial charge in [0.1, 0.15) is 5.69 Å². The molecular formula is C22H15BN2O3. The molecule has 134 valence electrons. The molecule has 5 rings (SSSR count). The number of rotatable bonds is 3. The Morgan fingerprint density at radius 1 is 0.821 bits per heavy atom. The van der Waals surface area contributed by atoms with Crippen LogP contribution in [0, 0.1) is 0 Å². The second-order valence-electron chi connectivity index (χ2n) is 6.77. The van der Waals surface area contributed by atoms with Crippen molar-refractivity contribution >= 4 is 56.5 Å². The van der Waals surface area contributed by atoms with Crippen LogP contribution in [0.1, 0.15) is 10.5 Å². The molecule has 0 radical (unpaired) electrons. The van der Waals surface area contributed by atoms with Crippen molar-refractivity contribution in [2.24, 2.45) is 0 Å². The topological polar surface area (TPSA) is 82.5 Å². The van der Waals surface area contributed by atoms with Crippen molar-refractivity contribution in [1.29, 1.82) is 0 Å². The van der Waals surface area contributed by atoms with E-state index in [0.717, 1.165) is 16.2 Å². The van der Waals surface area contributed by atoms with E-state index in [1.807, 2.05) is 24.3 Å². The second-order valence-corrected chi connectivity index (χ2v) is 6.77. The zero-order valence-corrected chi connectivity index (χ0v) is 14.8. The first-order valence-corrected chi connectivity index (χ1v) is 8.92. The third-order valence-electron chi connectivity index (χ3n) is 5.09. The van der Waals surface area contributed by atoms with Crippen LogP contribution >= 0.6 is 0 Å². The lowest BCUT2D eigenvalue weighted by molar-refractivity contribution is 0.102. The van der Waals surface area contributed by atoms with Gasteiger partial charge in [0.05, 0.1) is 0 Å². The summed E-state index contributed by atoms with van der Waals surface area (Å²) in [5.41, 5.74) is 1.15. The molecule has 1 amide bonds. The Morgan fingerprint density at radius 2 is 1.50 bits per heavy atom. The van der Waals surface area contributed by atoms with Crippen molar-refractivity contribution in [3.05, 3.63) is 78.6 Å². The van der Waals surface area contributed by atoms with Gasteiger partial charge in [-0.2, -0.15) is 0 Å². The molecule has 0 bridgehead atoms. The minimum atomic E-state index is -1.61. The Hall–Kier alpha value is -3.48. The van der Waals surface area contributed by atoms with Crippen LogP contribution in [0.5, 0.6) is 0 Å². The van der Waals surface area contributed by atoms with Gasteiger partial charge in [-0.15, -0.1) is 0 Å². The molecule has 0 saturated carbocycles. The maximum atomic E-state index is 12.7. The van der Waals surface area contributed by atoms with Gasteiger partial charge in [-0.05, 0) is 39.1 Å². The minimum absolute atomic E-state index is 0.204. The molecule has 4 aromatic carbocycles. The third-order valence-corrected chi connectivity index (χ3v) is 5.09. The number of nitrogens with one attached hydrogen (secondary N) is 1. The van der Waals surface area contributed by atoms with Gasteiger partial charge in [-0.25, -0.2) is 0 Å². The molecule has 5 aromatic rings. The normalized spacial score (nSPS) is 11.4. The van der Waals surface area contributed by atoms with E-state index in [0.29, 0.717) is 5.69 Å². The van der Waals surface area contributed by atoms with E-state index in [9.17, 15) is 4.79 Å². The van der Waals surface area contributed by atoms with Gasteiger partial charge in [0, 0.05) is 22.7 Å². The van der Waals surface area contributed by atoms with E-state index in [2.05, 4.69) is 40.6 Å². The van der Waals surface area contributed by atoms with Crippen molar-refractivity contribution in [2.75, 3.05) is 5.32 Å². The first-order chi connectivity index (χ1) is 13.6. The molecule has 28 heavy (non-hydrogen) atoms. The van der Waals surface area contributed by atoms with E-state index in [-0.39, 0.29) is 17.1 Å². The largest absolute Gasteiger partial charge is 0.490 e. The van der Waals surface area contributed by atoms with Crippen LogP contribution < -0.4 is 10.8 Å². The molecule has 0 aliphatic rings. The molecule has 3 N–H and O–H groups in total. The van der Waals surface area contributed by atoms with Gasteiger partial charge in [-0.1, -0.05) is 54.6 Å². The van der Waals surface area contributed by atoms with Crippen LogP contribution in [0.3, 0.4) is 0 Å². The number of anilines is 1. The van der Waals surface area contributed by atoms with Gasteiger partial charge in [0.2, 0.25) is 0 Å². The van der Waals surface area contributed by atoms with Crippen molar-refractivity contribution in [3.63, 3.8) is 0 Å². The lowest BCUT2D eigenvalue weighted by atomic mass is 9.82. The Kier molecular flexibility index (Phi) is 3.75. The van der Waals surface area contributed by atoms with Crippen LogP contribution in [0.25, 0.3) is 32.3 Å². The fraction of sp³-hybridized carbons (Fsp3) is 0. The molecule has 0 unspecified atom stereocenters.